The molecule has 11 atom stereocenters. The van der Waals surface area contributed by atoms with Gasteiger partial charge in [0.15, 0.2) is 5.60 Å². The Morgan fingerprint density at radius 3 is 2.56 bits per heavy atom. The molecule has 9 nitrogen and oxygen atoms in total. The summed E-state index contributed by atoms with van der Waals surface area (Å²) in [5.41, 5.74) is -0.0904. The van der Waals surface area contributed by atoms with E-state index >= 15 is 0 Å². The van der Waals surface area contributed by atoms with Crippen LogP contribution in [0.3, 0.4) is 0 Å². The second-order valence-corrected chi connectivity index (χ2v) is 14.2. The first-order chi connectivity index (χ1) is 20.2. The summed E-state index contributed by atoms with van der Waals surface area (Å²) in [6.45, 7) is 15.1. The largest absolute Gasteiger partial charge is 0.466 e. The molecule has 1 spiro atoms. The maximum Gasteiger partial charge on any atom is 0.334 e. The molecule has 2 aliphatic heterocycles. The maximum absolute atomic E-state index is 14.1. The third-order valence-electron chi connectivity index (χ3n) is 11.8. The molecule has 2 saturated carbocycles. The van der Waals surface area contributed by atoms with Crippen LogP contribution < -0.4 is 0 Å². The zero-order valence-electron chi connectivity index (χ0n) is 26.1. The first kappa shape index (κ1) is 30.1. The highest BCUT2D eigenvalue weighted by Gasteiger charge is 2.83. The minimum atomic E-state index is -1.18. The van der Waals surface area contributed by atoms with Gasteiger partial charge in [-0.3, -0.25) is 14.4 Å². The molecule has 0 aromatic heterocycles. The second-order valence-electron chi connectivity index (χ2n) is 14.2. The number of carbonyl (C=O) groups is 4. The lowest BCUT2D eigenvalue weighted by atomic mass is 9.42. The number of rotatable bonds is 6. The van der Waals surface area contributed by atoms with E-state index in [1.807, 2.05) is 19.9 Å². The van der Waals surface area contributed by atoms with Crippen molar-refractivity contribution in [1.82, 2.24) is 0 Å². The Balaban J connectivity index is 1.41. The average molecular weight is 597 g/mol. The Morgan fingerprint density at radius 1 is 1.16 bits per heavy atom. The number of esters is 4. The third-order valence-corrected chi connectivity index (χ3v) is 11.8. The van der Waals surface area contributed by atoms with Crippen LogP contribution in [0.4, 0.5) is 0 Å². The fraction of sp³-hybridized carbons (Fsp3) is 0.706. The van der Waals surface area contributed by atoms with Gasteiger partial charge in [-0.25, -0.2) is 4.79 Å². The van der Waals surface area contributed by atoms with Crippen molar-refractivity contribution in [2.75, 3.05) is 6.61 Å². The molecule has 43 heavy (non-hydrogen) atoms. The Kier molecular flexibility index (Phi) is 7.03. The van der Waals surface area contributed by atoms with Crippen LogP contribution in [0.15, 0.2) is 34.9 Å². The van der Waals surface area contributed by atoms with Crippen LogP contribution in [-0.4, -0.2) is 59.0 Å². The van der Waals surface area contributed by atoms with Crippen molar-refractivity contribution < 1.29 is 43.2 Å². The van der Waals surface area contributed by atoms with Crippen LogP contribution in [-0.2, 0) is 38.1 Å². The van der Waals surface area contributed by atoms with Crippen LogP contribution >= 0.6 is 0 Å². The molecule has 0 radical (unpaired) electrons. The van der Waals surface area contributed by atoms with Crippen LogP contribution in [0, 0.1) is 40.9 Å². The molecule has 2 heterocycles. The lowest BCUT2D eigenvalue weighted by Crippen LogP contribution is -2.71. The van der Waals surface area contributed by atoms with Crippen molar-refractivity contribution in [3.8, 4) is 0 Å². The topological polar surface area (TPSA) is 125 Å². The van der Waals surface area contributed by atoms with Crippen molar-refractivity contribution in [3.05, 3.63) is 34.9 Å². The fourth-order valence-corrected chi connectivity index (χ4v) is 10.1. The van der Waals surface area contributed by atoms with E-state index in [0.29, 0.717) is 44.3 Å². The number of ether oxygens (including phenoxy) is 4. The first-order valence-electron chi connectivity index (χ1n) is 15.7. The van der Waals surface area contributed by atoms with Crippen LogP contribution in [0.5, 0.6) is 0 Å². The molecule has 4 aliphatic carbocycles. The van der Waals surface area contributed by atoms with Gasteiger partial charge < -0.3 is 24.1 Å². The molecule has 9 heteroatoms. The molecule has 6 rings (SSSR count). The standard InChI is InChI=1S/C34H44O9/c1-16(9-8-10-40-20(5)35)24-13-25-28(15-32(24,7)39)42-31(38)33(25)14-26-29-17(2)11-27-22(18(3)30(37)41-27)12-23(29)19(4)34(26,33)43-21(6)36/h13,16-17,22,25-29,39H,3,8-12,14-15H2,1-2,4-7H3. The number of carbonyl (C=O) groups excluding carboxylic acids is 4. The SMILES string of the molecule is C=C1C(=O)OC2CC(C)C3C(=C(C)C4(OC(C)=O)C3CC43C(=O)OC4CC(C)(O)C(C(C)CCCOC(C)=O)=CC43)CC12. The number of aliphatic hydroxyl groups is 1. The van der Waals surface area contributed by atoms with Crippen molar-refractivity contribution in [1.29, 1.82) is 0 Å². The van der Waals surface area contributed by atoms with Crippen molar-refractivity contribution >= 4 is 23.9 Å². The summed E-state index contributed by atoms with van der Waals surface area (Å²) in [7, 11) is 0. The first-order valence-corrected chi connectivity index (χ1v) is 15.7. The van der Waals surface area contributed by atoms with E-state index in [0.717, 1.165) is 16.7 Å². The molecule has 234 valence electrons. The maximum atomic E-state index is 14.1. The summed E-state index contributed by atoms with van der Waals surface area (Å²) < 4.78 is 23.3. The zero-order valence-corrected chi connectivity index (χ0v) is 26.1. The molecule has 6 aliphatic rings. The molecule has 4 fully saturated rings. The average Bonchev–Trinajstić information content (AvgIpc) is 3.35. The smallest absolute Gasteiger partial charge is 0.334 e. The monoisotopic (exact) mass is 596 g/mol. The zero-order chi connectivity index (χ0) is 31.2. The van der Waals surface area contributed by atoms with E-state index in [1.54, 1.807) is 6.92 Å². The van der Waals surface area contributed by atoms with Crippen LogP contribution in [0.2, 0.25) is 0 Å². The summed E-state index contributed by atoms with van der Waals surface area (Å²) in [5.74, 6) is -1.93. The Morgan fingerprint density at radius 2 is 1.88 bits per heavy atom. The molecule has 2 saturated heterocycles. The van der Waals surface area contributed by atoms with E-state index in [2.05, 4.69) is 13.5 Å². The minimum Gasteiger partial charge on any atom is -0.466 e. The molecule has 0 bridgehead atoms. The number of hydrogen-bond acceptors (Lipinski definition) is 9. The lowest BCUT2D eigenvalue weighted by molar-refractivity contribution is -0.230. The van der Waals surface area contributed by atoms with E-state index in [9.17, 15) is 24.3 Å². The molecular weight excluding hydrogens is 552 g/mol. The molecule has 1 N–H and O–H groups in total. The van der Waals surface area contributed by atoms with Gasteiger partial charge in [0.25, 0.3) is 0 Å². The minimum absolute atomic E-state index is 0.0307. The van der Waals surface area contributed by atoms with Crippen LogP contribution in [0.1, 0.15) is 80.1 Å². The molecule has 11 unspecified atom stereocenters. The number of hydrogen-bond donors (Lipinski definition) is 1. The highest BCUT2D eigenvalue weighted by atomic mass is 16.6. The van der Waals surface area contributed by atoms with E-state index in [-0.39, 0.29) is 65.9 Å². The van der Waals surface area contributed by atoms with E-state index < -0.39 is 28.7 Å². The van der Waals surface area contributed by atoms with Gasteiger partial charge in [-0.1, -0.05) is 32.1 Å². The highest BCUT2D eigenvalue weighted by molar-refractivity contribution is 5.91. The summed E-state index contributed by atoms with van der Waals surface area (Å²) >= 11 is 0. The number of fused-ring (bicyclic) bond motifs is 7. The fourth-order valence-electron chi connectivity index (χ4n) is 10.1. The van der Waals surface area contributed by atoms with Gasteiger partial charge in [0.05, 0.1) is 12.2 Å². The van der Waals surface area contributed by atoms with Gasteiger partial charge in [0.1, 0.15) is 17.6 Å². The predicted molar refractivity (Wildman–Crippen MR) is 154 cm³/mol. The molecular formula is C34H44O9. The van der Waals surface area contributed by atoms with Gasteiger partial charge in [0.2, 0.25) is 0 Å². The summed E-state index contributed by atoms with van der Waals surface area (Å²) in [5, 5.41) is 11.6. The van der Waals surface area contributed by atoms with Crippen LogP contribution in [0.25, 0.3) is 0 Å². The van der Waals surface area contributed by atoms with Gasteiger partial charge in [-0.15, -0.1) is 0 Å². The third kappa shape index (κ3) is 4.12. The normalized spacial score (nSPS) is 43.4. The van der Waals surface area contributed by atoms with Gasteiger partial charge in [-0.2, -0.15) is 0 Å². The summed E-state index contributed by atoms with van der Waals surface area (Å²) in [4.78, 5) is 50.7. The summed E-state index contributed by atoms with van der Waals surface area (Å²) in [6.07, 6.45) is 4.66. The second kappa shape index (κ2) is 10.0. The van der Waals surface area contributed by atoms with Crippen molar-refractivity contribution in [3.63, 3.8) is 0 Å². The molecule has 0 amide bonds. The Hall–Kier alpha value is -2.94. The predicted octanol–water partition coefficient (Wildman–Crippen LogP) is 4.37. The molecule has 0 aromatic rings. The van der Waals surface area contributed by atoms with E-state index in [1.165, 1.54) is 13.8 Å². The summed E-state index contributed by atoms with van der Waals surface area (Å²) in [6, 6.07) is 0. The van der Waals surface area contributed by atoms with E-state index in [4.69, 9.17) is 18.9 Å². The van der Waals surface area contributed by atoms with Crippen molar-refractivity contribution in [2.45, 2.75) is 103 Å². The Labute approximate surface area is 253 Å². The van der Waals surface area contributed by atoms with Gasteiger partial charge in [-0.05, 0) is 74.9 Å². The molecule has 0 aromatic carbocycles. The lowest BCUT2D eigenvalue weighted by Gasteiger charge is -2.61. The quantitative estimate of drug-likeness (QED) is 0.156. The van der Waals surface area contributed by atoms with Gasteiger partial charge in [0, 0.05) is 43.6 Å². The number of allylic oxidation sites excluding steroid dienone is 1. The highest BCUT2D eigenvalue weighted by Crippen LogP contribution is 2.76. The Bertz CT molecular complexity index is 1360. The van der Waals surface area contributed by atoms with Gasteiger partial charge >= 0.3 is 23.9 Å². The van der Waals surface area contributed by atoms with Crippen molar-refractivity contribution in [2.24, 2.45) is 40.9 Å².